The van der Waals surface area contributed by atoms with Crippen molar-refractivity contribution >= 4 is 22.6 Å². The van der Waals surface area contributed by atoms with Crippen molar-refractivity contribution in [3.8, 4) is 0 Å². The normalized spacial score (nSPS) is 22.4. The van der Waals surface area contributed by atoms with Gasteiger partial charge in [-0.1, -0.05) is 60.7 Å². The maximum atomic E-state index is 5.27. The average molecular weight is 521 g/mol. The minimum absolute atomic E-state index is 0.255. The number of aromatic amines is 2. The average Bonchev–Trinajstić information content (AvgIpc) is 3.78. The Kier molecular flexibility index (Phi) is 5.43. The Hall–Kier alpha value is -4.70. The standard InChI is InChI=1S/C36H32N4/c1-35(2)29-19-17-27(38-29)33(23-11-7-5-8-12-23)25-15-16-26(37-25)34(24-13-9-6-10-14-24)28-18-20-30(39-28)36(3,4)32-22-21-31(35)40-32/h5-22,38,40H,1-4H3/b33-25-,34-28-. The summed E-state index contributed by atoms with van der Waals surface area (Å²) in [6.45, 7) is 8.99. The molecule has 3 aliphatic rings. The first-order valence-electron chi connectivity index (χ1n) is 13.9. The van der Waals surface area contributed by atoms with E-state index in [1.54, 1.807) is 0 Å². The molecule has 2 aromatic carbocycles. The third kappa shape index (κ3) is 3.83. The molecule has 0 atom stereocenters. The molecule has 0 fully saturated rings. The SMILES string of the molecule is CC1(C)C2=N/C(=C(/c3ccccc3)C3=N/C(=C(/c4ccccc4)c4ccc([nH]4)C(C)(C)c4ccc1[nH]4)C=C3)C=C2. The molecule has 4 aromatic rings. The molecule has 8 bridgehead atoms. The Morgan fingerprint density at radius 3 is 1.75 bits per heavy atom. The monoisotopic (exact) mass is 520 g/mol. The maximum absolute atomic E-state index is 5.27. The number of allylic oxidation sites excluding steroid dienone is 5. The van der Waals surface area contributed by atoms with Crippen molar-refractivity contribution < 1.29 is 0 Å². The zero-order valence-corrected chi connectivity index (χ0v) is 23.3. The summed E-state index contributed by atoms with van der Waals surface area (Å²) in [6, 6.07) is 29.8. The largest absolute Gasteiger partial charge is 0.361 e. The molecule has 0 unspecified atom stereocenters. The highest BCUT2D eigenvalue weighted by atomic mass is 14.9. The van der Waals surface area contributed by atoms with Gasteiger partial charge in [0.25, 0.3) is 0 Å². The summed E-state index contributed by atoms with van der Waals surface area (Å²) in [6.07, 6.45) is 8.56. The highest BCUT2D eigenvalue weighted by molar-refractivity contribution is 6.32. The van der Waals surface area contributed by atoms with E-state index in [1.807, 2.05) is 6.07 Å². The number of nitrogens with one attached hydrogen (secondary N) is 2. The molecule has 0 radical (unpaired) electrons. The molecule has 0 saturated heterocycles. The molecule has 4 heteroatoms. The fourth-order valence-corrected chi connectivity index (χ4v) is 5.88. The molecule has 3 aliphatic heterocycles. The fourth-order valence-electron chi connectivity index (χ4n) is 5.88. The van der Waals surface area contributed by atoms with Gasteiger partial charge in [0.15, 0.2) is 0 Å². The lowest BCUT2D eigenvalue weighted by Crippen LogP contribution is -2.28. The van der Waals surface area contributed by atoms with Crippen molar-refractivity contribution in [2.45, 2.75) is 38.5 Å². The summed E-state index contributed by atoms with van der Waals surface area (Å²) in [5.74, 6) is 0. The van der Waals surface area contributed by atoms with Crippen molar-refractivity contribution in [2.24, 2.45) is 9.98 Å². The van der Waals surface area contributed by atoms with Crippen LogP contribution in [-0.2, 0) is 10.8 Å². The summed E-state index contributed by atoms with van der Waals surface area (Å²) >= 11 is 0. The third-order valence-corrected chi connectivity index (χ3v) is 8.48. The third-order valence-electron chi connectivity index (χ3n) is 8.48. The Bertz CT molecular complexity index is 1810. The number of benzene rings is 2. The number of aromatic nitrogens is 2. The van der Waals surface area contributed by atoms with Gasteiger partial charge in [0, 0.05) is 44.8 Å². The zero-order chi connectivity index (χ0) is 27.5. The number of H-pyrrole nitrogens is 2. The predicted molar refractivity (Wildman–Crippen MR) is 166 cm³/mol. The second kappa shape index (κ2) is 8.92. The smallest absolute Gasteiger partial charge is 0.0738 e. The van der Waals surface area contributed by atoms with E-state index in [9.17, 15) is 0 Å². The summed E-state index contributed by atoms with van der Waals surface area (Å²) in [5.41, 5.74) is 12.1. The van der Waals surface area contributed by atoms with Gasteiger partial charge < -0.3 is 9.97 Å². The van der Waals surface area contributed by atoms with Gasteiger partial charge in [-0.2, -0.15) is 0 Å². The fraction of sp³-hybridized carbons (Fsp3) is 0.167. The predicted octanol–water partition coefficient (Wildman–Crippen LogP) is 8.15. The van der Waals surface area contributed by atoms with E-state index < -0.39 is 0 Å². The lowest BCUT2D eigenvalue weighted by molar-refractivity contribution is 0.593. The number of rotatable bonds is 2. The lowest BCUT2D eigenvalue weighted by Gasteiger charge is -2.25. The second-order valence-electron chi connectivity index (χ2n) is 11.7. The number of hydrogen-bond donors (Lipinski definition) is 2. The van der Waals surface area contributed by atoms with Gasteiger partial charge in [-0.25, -0.2) is 4.99 Å². The summed E-state index contributed by atoms with van der Waals surface area (Å²) in [5, 5.41) is 0. The van der Waals surface area contributed by atoms with E-state index in [0.29, 0.717) is 0 Å². The number of nitrogens with zero attached hydrogens (tertiary/aromatic N) is 2. The van der Waals surface area contributed by atoms with Crippen LogP contribution in [0.4, 0.5) is 0 Å². The molecule has 7 rings (SSSR count). The van der Waals surface area contributed by atoms with Crippen molar-refractivity contribution in [1.82, 2.24) is 9.97 Å². The van der Waals surface area contributed by atoms with E-state index >= 15 is 0 Å². The van der Waals surface area contributed by atoms with Crippen LogP contribution < -0.4 is 0 Å². The number of aliphatic imine (C=N–C) groups is 2. The second-order valence-corrected chi connectivity index (χ2v) is 11.7. The van der Waals surface area contributed by atoms with Crippen LogP contribution in [0.2, 0.25) is 0 Å². The van der Waals surface area contributed by atoms with Gasteiger partial charge in [-0.05, 0) is 87.4 Å². The van der Waals surface area contributed by atoms with Gasteiger partial charge >= 0.3 is 0 Å². The van der Waals surface area contributed by atoms with Crippen LogP contribution in [0.1, 0.15) is 61.6 Å². The molecule has 0 spiro atoms. The number of hydrogen-bond acceptors (Lipinski definition) is 2. The van der Waals surface area contributed by atoms with Crippen LogP contribution in [0.5, 0.6) is 0 Å². The van der Waals surface area contributed by atoms with Crippen molar-refractivity contribution in [3.63, 3.8) is 0 Å². The highest BCUT2D eigenvalue weighted by Crippen LogP contribution is 2.39. The quantitative estimate of drug-likeness (QED) is 0.268. The first-order chi connectivity index (χ1) is 19.3. The molecule has 40 heavy (non-hydrogen) atoms. The Morgan fingerprint density at radius 1 is 0.500 bits per heavy atom. The van der Waals surface area contributed by atoms with Crippen LogP contribution in [0, 0.1) is 0 Å². The summed E-state index contributed by atoms with van der Waals surface area (Å²) < 4.78 is 0. The van der Waals surface area contributed by atoms with Gasteiger partial charge in [0.05, 0.1) is 22.8 Å². The molecule has 2 aromatic heterocycles. The minimum atomic E-state index is -0.300. The molecule has 196 valence electrons. The van der Waals surface area contributed by atoms with Crippen LogP contribution in [0.3, 0.4) is 0 Å². The highest BCUT2D eigenvalue weighted by Gasteiger charge is 2.34. The molecule has 0 saturated carbocycles. The first-order valence-corrected chi connectivity index (χ1v) is 13.9. The molecule has 0 amide bonds. The molecule has 2 N–H and O–H groups in total. The van der Waals surface area contributed by atoms with Crippen LogP contribution in [0.25, 0.3) is 11.1 Å². The first kappa shape index (κ1) is 24.3. The maximum Gasteiger partial charge on any atom is 0.0738 e. The zero-order valence-electron chi connectivity index (χ0n) is 23.3. The van der Waals surface area contributed by atoms with Crippen molar-refractivity contribution in [3.05, 3.63) is 155 Å². The van der Waals surface area contributed by atoms with E-state index in [2.05, 4.69) is 141 Å². The Balaban J connectivity index is 1.54. The van der Waals surface area contributed by atoms with Gasteiger partial charge in [-0.15, -0.1) is 0 Å². The Morgan fingerprint density at radius 2 is 1.05 bits per heavy atom. The van der Waals surface area contributed by atoms with Gasteiger partial charge in [-0.3, -0.25) is 4.99 Å². The van der Waals surface area contributed by atoms with E-state index in [0.717, 1.165) is 67.9 Å². The van der Waals surface area contributed by atoms with E-state index in [1.165, 1.54) is 0 Å². The topological polar surface area (TPSA) is 56.3 Å². The summed E-state index contributed by atoms with van der Waals surface area (Å²) in [7, 11) is 0. The van der Waals surface area contributed by atoms with E-state index in [-0.39, 0.29) is 10.8 Å². The van der Waals surface area contributed by atoms with Crippen LogP contribution in [0.15, 0.2) is 131 Å². The van der Waals surface area contributed by atoms with Crippen molar-refractivity contribution in [1.29, 1.82) is 0 Å². The molecule has 0 aliphatic carbocycles. The van der Waals surface area contributed by atoms with Crippen LogP contribution in [-0.4, -0.2) is 21.4 Å². The molecular weight excluding hydrogens is 488 g/mol. The Labute approximate surface area is 235 Å². The van der Waals surface area contributed by atoms with Gasteiger partial charge in [0.1, 0.15) is 0 Å². The molecule has 4 nitrogen and oxygen atoms in total. The van der Waals surface area contributed by atoms with Crippen molar-refractivity contribution in [2.75, 3.05) is 0 Å². The molecular formula is C36H32N4. The molecule has 5 heterocycles. The van der Waals surface area contributed by atoms with Crippen LogP contribution >= 0.6 is 0 Å². The summed E-state index contributed by atoms with van der Waals surface area (Å²) in [4.78, 5) is 18.1. The number of fused-ring (bicyclic) bond motifs is 6. The van der Waals surface area contributed by atoms with E-state index in [4.69, 9.17) is 9.98 Å². The minimum Gasteiger partial charge on any atom is -0.361 e. The van der Waals surface area contributed by atoms with Gasteiger partial charge in [0.2, 0.25) is 0 Å². The lowest BCUT2D eigenvalue weighted by atomic mass is 9.84.